The van der Waals surface area contributed by atoms with E-state index in [4.69, 9.17) is 31.8 Å². The van der Waals surface area contributed by atoms with Crippen LogP contribution >= 0.6 is 0 Å². The largest absolute Gasteiger partial charge is 0.456 e. The summed E-state index contributed by atoms with van der Waals surface area (Å²) in [6.45, 7) is 4.77. The van der Waals surface area contributed by atoms with Crippen LogP contribution < -0.4 is 0 Å². The molecule has 0 atom stereocenters. The predicted octanol–water partition coefficient (Wildman–Crippen LogP) is 34.6. The lowest BCUT2D eigenvalue weighted by Crippen LogP contribution is -2.16. The Morgan fingerprint density at radius 1 is 0.194 bits per heavy atom. The van der Waals surface area contributed by atoms with Gasteiger partial charge in [-0.3, -0.25) is 0 Å². The van der Waals surface area contributed by atoms with Crippen LogP contribution in [0.3, 0.4) is 0 Å². The molecule has 0 aliphatic heterocycles. The van der Waals surface area contributed by atoms with Crippen LogP contribution in [0.15, 0.2) is 465 Å². The Hall–Kier alpha value is -15.8. The van der Waals surface area contributed by atoms with Crippen molar-refractivity contribution < 1.29 is 45.5 Å². The molecule has 0 bridgehead atoms. The van der Waals surface area contributed by atoms with Gasteiger partial charge in [0.15, 0.2) is 0 Å². The quantitative estimate of drug-likeness (QED) is 0.131. The molecular weight excluding hydrogens is 1490 g/mol. The smallest absolute Gasteiger partial charge is 0.135 e. The molecule has 0 unspecified atom stereocenters. The Morgan fingerprint density at radius 3 is 1.28 bits per heavy atom. The van der Waals surface area contributed by atoms with Gasteiger partial charge in [0.25, 0.3) is 0 Å². The Balaban J connectivity index is 0.000000138. The van der Waals surface area contributed by atoms with E-state index in [1.165, 1.54) is 132 Å². The third kappa shape index (κ3) is 12.5. The van der Waals surface area contributed by atoms with Crippen molar-refractivity contribution in [2.75, 3.05) is 0 Å². The fourth-order valence-corrected chi connectivity index (χ4v) is 18.4. The van der Waals surface area contributed by atoms with Crippen LogP contribution in [-0.4, -0.2) is 0 Å². The molecule has 0 saturated heterocycles. The maximum absolute atomic E-state index is 10.0. The highest BCUT2D eigenvalue weighted by Crippen LogP contribution is 2.56. The highest BCUT2D eigenvalue weighted by molar-refractivity contribution is 6.27. The minimum atomic E-state index is -1.17. The molecule has 1 nitrogen and oxygen atoms in total. The molecule has 0 N–H and O–H groups in total. The fraction of sp³-hybridized carbons (Fsp3) is 0.0244. The first-order valence-corrected chi connectivity index (χ1v) is 40.7. The van der Waals surface area contributed by atoms with Crippen molar-refractivity contribution >= 4 is 119 Å². The monoisotopic (exact) mass is 1600 g/mol. The third-order valence-corrected chi connectivity index (χ3v) is 23.9. The molecule has 0 fully saturated rings. The molecule has 0 spiro atoms. The van der Waals surface area contributed by atoms with E-state index < -0.39 is 269 Å². The minimum Gasteiger partial charge on any atom is -0.456 e. The van der Waals surface area contributed by atoms with E-state index >= 15 is 0 Å². The molecule has 1 aromatic heterocycles. The van der Waals surface area contributed by atoms with Crippen LogP contribution in [0.4, 0.5) is 0 Å². The first-order chi connectivity index (χ1) is 73.8. The molecule has 24 aromatic rings. The van der Waals surface area contributed by atoms with Gasteiger partial charge in [0, 0.05) is 16.2 Å². The first-order valence-electron chi connectivity index (χ1n) is 55.7. The Morgan fingerprint density at radius 2 is 0.621 bits per heavy atom. The second kappa shape index (κ2) is 30.5. The van der Waals surface area contributed by atoms with Gasteiger partial charge in [-0.05, 0) is 262 Å². The minimum absolute atomic E-state index is 0.0816. The van der Waals surface area contributed by atoms with Crippen LogP contribution in [0.25, 0.3) is 230 Å². The van der Waals surface area contributed by atoms with E-state index in [1.807, 2.05) is 0 Å². The average Bonchev–Trinajstić information content (AvgIpc) is 0.931. The first kappa shape index (κ1) is 48.4. The predicted molar refractivity (Wildman–Crippen MR) is 531 cm³/mol. The van der Waals surface area contributed by atoms with Crippen molar-refractivity contribution in [1.82, 2.24) is 0 Å². The number of rotatable bonds is 9. The topological polar surface area (TPSA) is 13.1 Å². The molecule has 1 aliphatic carbocycles. The van der Waals surface area contributed by atoms with Gasteiger partial charge < -0.3 is 4.42 Å². The van der Waals surface area contributed by atoms with Crippen molar-refractivity contribution in [3.63, 3.8) is 0 Å². The molecule has 0 radical (unpaired) electrons. The maximum atomic E-state index is 10.0. The summed E-state index contributed by atoms with van der Waals surface area (Å²) in [6, 6.07) is 71.3. The zero-order valence-electron chi connectivity index (χ0n) is 96.5. The Kier molecular flexibility index (Phi) is 11.9. The van der Waals surface area contributed by atoms with Gasteiger partial charge in [0.2, 0.25) is 0 Å². The van der Waals surface area contributed by atoms with Gasteiger partial charge in [-0.2, -0.15) is 0 Å². The van der Waals surface area contributed by atoms with Crippen molar-refractivity contribution in [2.24, 2.45) is 0 Å². The van der Waals surface area contributed by atoms with Gasteiger partial charge in [-0.25, -0.2) is 0 Å². The summed E-state index contributed by atoms with van der Waals surface area (Å²) in [5.41, 5.74) is 13.0. The molecule has 0 amide bonds. The number of furan rings is 1. The normalized spacial score (nSPS) is 15.6. The summed E-state index contributed by atoms with van der Waals surface area (Å²) in [6.07, 6.45) is 0. The maximum Gasteiger partial charge on any atom is 0.135 e. The molecule has 1 heteroatoms. The summed E-state index contributed by atoms with van der Waals surface area (Å²) in [4.78, 5) is 0. The number of fused-ring (bicyclic) bond motifs is 15. The summed E-state index contributed by atoms with van der Waals surface area (Å²) in [7, 11) is 0. The van der Waals surface area contributed by atoms with Gasteiger partial charge in [0.1, 0.15) is 11.2 Å². The molecule has 124 heavy (non-hydrogen) atoms. The Labute approximate surface area is 763 Å². The summed E-state index contributed by atoms with van der Waals surface area (Å²) >= 11 is 0. The van der Waals surface area contributed by atoms with Crippen molar-refractivity contribution in [2.45, 2.75) is 19.3 Å². The van der Waals surface area contributed by atoms with Crippen LogP contribution in [0.2, 0.25) is 0 Å². The van der Waals surface area contributed by atoms with Gasteiger partial charge >= 0.3 is 0 Å². The van der Waals surface area contributed by atoms with E-state index in [9.17, 15) is 13.7 Å². The molecule has 1 aliphatic rings. The van der Waals surface area contributed by atoms with E-state index in [-0.39, 0.29) is 5.41 Å². The lowest BCUT2D eigenvalue weighted by Gasteiger charge is -2.26. The SMILES string of the molecule is CC1(C)c2ccccc2-c2cccc(-c3c4ccccc4c(-c4ccc5ccccc5c4)c4ccccc34)c21.[2H]c1c([2H])c([2H])c(-c2c([2H])c([2H])c3c(-c4c([2H])c([2H])c(-c5c([2H])c([2H])c6c([2H])c([2H])c([2H])c([2H])c6c5[2H])c([2H])c4[2H])c4c([2H])c([2H])c([2H])c([2H])c4c(-c4c([2H])c([2H])c([2H])c5c([2H])c([2H])c([2H])c([2H])c45)c3c2[2H])c([2H])c1[2H].c1ccc(-c2ccc3oc4ccc(-c5c6ccccc6c(-c6ccccc6)c6ccccc56)cc4c3c2)cc1. The van der Waals surface area contributed by atoms with Gasteiger partial charge in [-0.1, -0.05) is 432 Å². The van der Waals surface area contributed by atoms with E-state index in [1.54, 1.807) is 0 Å². The Bertz CT molecular complexity index is 10200. The summed E-state index contributed by atoms with van der Waals surface area (Å²) < 4.78 is 276. The zero-order chi connectivity index (χ0) is 108. The summed E-state index contributed by atoms with van der Waals surface area (Å²) in [5, 5.41) is 9.03. The molecule has 0 saturated carbocycles. The van der Waals surface area contributed by atoms with Gasteiger partial charge in [-0.15, -0.1) is 0 Å². The van der Waals surface area contributed by atoms with Crippen LogP contribution in [0, 0.1) is 0 Å². The van der Waals surface area contributed by atoms with E-state index in [2.05, 4.69) is 293 Å². The van der Waals surface area contributed by atoms with Crippen molar-refractivity contribution in [3.8, 4) is 111 Å². The lowest BCUT2D eigenvalue weighted by molar-refractivity contribution is 0.662. The number of hydrogen-bond donors (Lipinski definition) is 0. The number of benzene rings is 23. The summed E-state index contributed by atoms with van der Waals surface area (Å²) in [5.74, 6) is 0. The molecule has 580 valence electrons. The van der Waals surface area contributed by atoms with Crippen LogP contribution in [0.5, 0.6) is 0 Å². The second-order valence-electron chi connectivity index (χ2n) is 31.1. The standard InChI is InChI=1S/C46H30.C39H28.C38H24O/c1-2-11-31(12-3-1)38-27-28-43-44(30-38)46(40-20-10-16-34-14-6-7-17-39(34)40)42-19-9-8-18-41(42)45(43)35-24-21-33(22-25-35)37-26-23-32-13-4-5-15-36(32)29-37;1-39(2)35-21-10-9-14-28(35)33-19-11-20-34(38(33)39)37-31-17-7-5-15-29(31)36(30-16-6-8-18-32(30)37)27-23-22-25-12-3-4-13-26(25)24-27;1-3-11-25(12-4-1)27-19-21-35-33(23-27)34-24-28(20-22-36(34)39-35)38-31-17-9-7-15-29(31)37(26-13-5-2-6-14-26)30-16-8-10-18-32(30)38/h1-30H;3-24H,1-2H3;1-24H/i1D,2D,3D,4D,5D,6D,7D,8D,9D,10D,11D,12D,13D,14D,15D,16D,17D,18D,19D,20D,21D,22D,23D,24D,25D,26D,27D,28D,29D,30D;;. The van der Waals surface area contributed by atoms with E-state index in [0.29, 0.717) is 0 Å². The molecule has 25 rings (SSSR count). The van der Waals surface area contributed by atoms with Crippen LogP contribution in [-0.2, 0) is 5.41 Å². The lowest BCUT2D eigenvalue weighted by atomic mass is 9.77. The highest BCUT2D eigenvalue weighted by atomic mass is 16.3. The van der Waals surface area contributed by atoms with Gasteiger partial charge in [0.05, 0.1) is 41.1 Å². The third-order valence-electron chi connectivity index (χ3n) is 23.9. The molecule has 1 heterocycles. The van der Waals surface area contributed by atoms with Crippen molar-refractivity contribution in [3.05, 3.63) is 471 Å². The number of hydrogen-bond acceptors (Lipinski definition) is 1. The average molecular weight is 1610 g/mol. The molecular formula is C123H82O. The second-order valence-corrected chi connectivity index (χ2v) is 31.1. The fourth-order valence-electron chi connectivity index (χ4n) is 18.4. The molecule has 23 aromatic carbocycles. The van der Waals surface area contributed by atoms with Crippen LogP contribution in [0.1, 0.15) is 66.1 Å². The highest BCUT2D eigenvalue weighted by Gasteiger charge is 2.38. The zero-order valence-corrected chi connectivity index (χ0v) is 66.5. The van der Waals surface area contributed by atoms with E-state index in [0.717, 1.165) is 21.9 Å². The van der Waals surface area contributed by atoms with Crippen molar-refractivity contribution in [1.29, 1.82) is 0 Å².